The lowest BCUT2D eigenvalue weighted by Gasteiger charge is -2.38. The quantitative estimate of drug-likeness (QED) is 0.831. The molecule has 3 amide bonds. The van der Waals surface area contributed by atoms with Crippen LogP contribution in [0.2, 0.25) is 0 Å². The Bertz CT molecular complexity index is 601. The average molecular weight is 302 g/mol. The van der Waals surface area contributed by atoms with E-state index in [9.17, 15) is 14.4 Å². The second-order valence-electron chi connectivity index (χ2n) is 5.61. The lowest BCUT2D eigenvalue weighted by Crippen LogP contribution is -2.63. The maximum Gasteiger partial charge on any atom is 0.417 e. The van der Waals surface area contributed by atoms with Gasteiger partial charge in [0.05, 0.1) is 0 Å². The summed E-state index contributed by atoms with van der Waals surface area (Å²) in [6.45, 7) is 2.24. The minimum atomic E-state index is -0.801. The van der Waals surface area contributed by atoms with Crippen molar-refractivity contribution in [3.8, 4) is 0 Å². The fourth-order valence-electron chi connectivity index (χ4n) is 3.03. The molecule has 1 aromatic rings. The third kappa shape index (κ3) is 2.45. The van der Waals surface area contributed by atoms with Crippen LogP contribution >= 0.6 is 0 Å². The number of rotatable bonds is 2. The Morgan fingerprint density at radius 1 is 1.23 bits per heavy atom. The normalized spacial score (nSPS) is 24.4. The van der Waals surface area contributed by atoms with Gasteiger partial charge in [-0.1, -0.05) is 30.3 Å². The van der Waals surface area contributed by atoms with Gasteiger partial charge in [0.2, 0.25) is 5.91 Å². The predicted molar refractivity (Wildman–Crippen MR) is 77.7 cm³/mol. The molecular formula is C16H18N2O4. The number of nitrogens with zero attached hydrogens (tertiary/aromatic N) is 2. The molecular weight excluding hydrogens is 284 g/mol. The molecule has 0 N–H and O–H groups in total. The molecule has 0 aromatic heterocycles. The van der Waals surface area contributed by atoms with Gasteiger partial charge in [0, 0.05) is 6.54 Å². The highest BCUT2D eigenvalue weighted by Crippen LogP contribution is 2.27. The molecule has 22 heavy (non-hydrogen) atoms. The molecule has 2 saturated heterocycles. The summed E-state index contributed by atoms with van der Waals surface area (Å²) in [6.07, 6.45) is 0.655. The van der Waals surface area contributed by atoms with Gasteiger partial charge < -0.3 is 9.64 Å². The lowest BCUT2D eigenvalue weighted by atomic mass is 10.1. The van der Waals surface area contributed by atoms with Crippen molar-refractivity contribution in [1.82, 2.24) is 9.80 Å². The van der Waals surface area contributed by atoms with Crippen molar-refractivity contribution in [2.75, 3.05) is 6.54 Å². The minimum Gasteiger partial charge on any atom is -0.444 e. The van der Waals surface area contributed by atoms with Crippen molar-refractivity contribution in [2.45, 2.75) is 38.5 Å². The third-order valence-corrected chi connectivity index (χ3v) is 4.20. The summed E-state index contributed by atoms with van der Waals surface area (Å²) in [5.74, 6) is -0.513. The predicted octanol–water partition coefficient (Wildman–Crippen LogP) is 1.54. The first-order valence-electron chi connectivity index (χ1n) is 7.44. The number of amides is 3. The Kier molecular flexibility index (Phi) is 3.83. The molecule has 0 aliphatic carbocycles. The van der Waals surface area contributed by atoms with E-state index < -0.39 is 18.2 Å². The zero-order chi connectivity index (χ0) is 15.7. The summed E-state index contributed by atoms with van der Waals surface area (Å²) in [7, 11) is 0. The molecule has 2 fully saturated rings. The first-order valence-corrected chi connectivity index (χ1v) is 7.44. The number of hydrogen-bond donors (Lipinski definition) is 0. The Balaban J connectivity index is 1.71. The van der Waals surface area contributed by atoms with Gasteiger partial charge >= 0.3 is 6.09 Å². The molecule has 0 radical (unpaired) electrons. The highest BCUT2D eigenvalue weighted by Gasteiger charge is 2.48. The van der Waals surface area contributed by atoms with Crippen LogP contribution in [0.3, 0.4) is 0 Å². The molecule has 0 spiro atoms. The average Bonchev–Trinajstić information content (AvgIpc) is 3.02. The van der Waals surface area contributed by atoms with Crippen LogP contribution in [0.25, 0.3) is 0 Å². The maximum atomic E-state index is 12.4. The van der Waals surface area contributed by atoms with Crippen molar-refractivity contribution in [1.29, 1.82) is 0 Å². The van der Waals surface area contributed by atoms with Crippen LogP contribution in [0.5, 0.6) is 0 Å². The number of ether oxygens (including phenoxy) is 1. The van der Waals surface area contributed by atoms with Crippen LogP contribution in [0.1, 0.15) is 25.3 Å². The summed E-state index contributed by atoms with van der Waals surface area (Å²) in [5.41, 5.74) is 0.835. The van der Waals surface area contributed by atoms with Crippen molar-refractivity contribution < 1.29 is 19.1 Å². The zero-order valence-corrected chi connectivity index (χ0v) is 12.4. The molecule has 2 aliphatic heterocycles. The molecule has 6 heteroatoms. The number of hydrogen-bond acceptors (Lipinski definition) is 4. The molecule has 6 nitrogen and oxygen atoms in total. The smallest absolute Gasteiger partial charge is 0.417 e. The molecule has 2 heterocycles. The van der Waals surface area contributed by atoms with E-state index in [1.807, 2.05) is 30.3 Å². The number of carbonyl (C=O) groups excluding carboxylic acids is 3. The van der Waals surface area contributed by atoms with Gasteiger partial charge in [0.15, 0.2) is 0 Å². The summed E-state index contributed by atoms with van der Waals surface area (Å²) < 4.78 is 5.20. The highest BCUT2D eigenvalue weighted by molar-refractivity contribution is 6.05. The van der Waals surface area contributed by atoms with Crippen LogP contribution in [0.4, 0.5) is 4.79 Å². The van der Waals surface area contributed by atoms with E-state index in [1.165, 1.54) is 0 Å². The number of benzene rings is 1. The third-order valence-electron chi connectivity index (χ3n) is 4.20. The Hall–Kier alpha value is -2.37. The van der Waals surface area contributed by atoms with Gasteiger partial charge in [0.25, 0.3) is 5.91 Å². The van der Waals surface area contributed by atoms with Crippen LogP contribution in [0.15, 0.2) is 30.3 Å². The van der Waals surface area contributed by atoms with Crippen LogP contribution in [-0.2, 0) is 20.9 Å². The van der Waals surface area contributed by atoms with E-state index in [0.29, 0.717) is 13.0 Å². The van der Waals surface area contributed by atoms with E-state index in [4.69, 9.17) is 4.74 Å². The summed E-state index contributed by atoms with van der Waals surface area (Å²) >= 11 is 0. The second-order valence-corrected chi connectivity index (χ2v) is 5.61. The topological polar surface area (TPSA) is 66.9 Å². The second kappa shape index (κ2) is 5.79. The molecule has 0 bridgehead atoms. The Morgan fingerprint density at radius 3 is 2.68 bits per heavy atom. The van der Waals surface area contributed by atoms with Gasteiger partial charge in [-0.25, -0.2) is 9.69 Å². The van der Waals surface area contributed by atoms with Gasteiger partial charge in [-0.3, -0.25) is 9.59 Å². The van der Waals surface area contributed by atoms with Gasteiger partial charge in [-0.15, -0.1) is 0 Å². The minimum absolute atomic E-state index is 0.0821. The molecule has 3 rings (SSSR count). The maximum absolute atomic E-state index is 12.4. The largest absolute Gasteiger partial charge is 0.444 e. The van der Waals surface area contributed by atoms with Gasteiger partial charge in [-0.2, -0.15) is 0 Å². The van der Waals surface area contributed by atoms with Crippen molar-refractivity contribution in [3.05, 3.63) is 35.9 Å². The number of imide groups is 1. The molecule has 1 aromatic carbocycles. The first-order chi connectivity index (χ1) is 10.6. The van der Waals surface area contributed by atoms with Crippen LogP contribution in [0, 0.1) is 0 Å². The van der Waals surface area contributed by atoms with E-state index in [2.05, 4.69) is 0 Å². The van der Waals surface area contributed by atoms with E-state index in [-0.39, 0.29) is 18.4 Å². The van der Waals surface area contributed by atoms with Crippen molar-refractivity contribution >= 4 is 17.9 Å². The number of fused-ring (bicyclic) bond motifs is 1. The fraction of sp³-hybridized carbons (Fsp3) is 0.438. The number of piperazine rings is 1. The van der Waals surface area contributed by atoms with Crippen LogP contribution < -0.4 is 0 Å². The first kappa shape index (κ1) is 14.6. The molecule has 2 aliphatic rings. The Morgan fingerprint density at radius 2 is 1.95 bits per heavy atom. The monoisotopic (exact) mass is 302 g/mol. The summed E-state index contributed by atoms with van der Waals surface area (Å²) in [4.78, 5) is 39.5. The van der Waals surface area contributed by atoms with Crippen molar-refractivity contribution in [3.63, 3.8) is 0 Å². The number of carbonyl (C=O) groups is 3. The summed E-state index contributed by atoms with van der Waals surface area (Å²) in [5, 5.41) is 0. The standard InChI is InChI=1S/C16H18N2O4/c1-11-14(19)17-9-5-8-13(17)15(20)18(11)16(21)22-10-12-6-3-2-4-7-12/h2-4,6-7,11,13H,5,8-10H2,1H3/t11-,13+/m1/s1. The Labute approximate surface area is 128 Å². The molecule has 2 atom stereocenters. The molecule has 116 valence electrons. The molecule has 0 saturated carbocycles. The van der Waals surface area contributed by atoms with Gasteiger partial charge in [0.1, 0.15) is 18.7 Å². The van der Waals surface area contributed by atoms with E-state index >= 15 is 0 Å². The zero-order valence-electron chi connectivity index (χ0n) is 12.4. The SMILES string of the molecule is C[C@@H]1C(=O)N2CCC[C@H]2C(=O)N1C(=O)OCc1ccccc1. The lowest BCUT2D eigenvalue weighted by molar-refractivity contribution is -0.156. The molecule has 0 unspecified atom stereocenters. The summed E-state index contributed by atoms with van der Waals surface area (Å²) in [6, 6.07) is 7.92. The van der Waals surface area contributed by atoms with Crippen LogP contribution in [-0.4, -0.2) is 46.3 Å². The van der Waals surface area contributed by atoms with E-state index in [0.717, 1.165) is 16.9 Å². The fourth-order valence-corrected chi connectivity index (χ4v) is 3.03. The van der Waals surface area contributed by atoms with E-state index in [1.54, 1.807) is 11.8 Å². The van der Waals surface area contributed by atoms with Crippen molar-refractivity contribution in [2.24, 2.45) is 0 Å². The van der Waals surface area contributed by atoms with Gasteiger partial charge in [-0.05, 0) is 25.3 Å². The highest BCUT2D eigenvalue weighted by atomic mass is 16.6.